The van der Waals surface area contributed by atoms with Gasteiger partial charge in [0.1, 0.15) is 12.0 Å². The zero-order chi connectivity index (χ0) is 18.0. The fraction of sp³-hybridized carbons (Fsp3) is 0.250. The second kappa shape index (κ2) is 7.25. The van der Waals surface area contributed by atoms with Crippen LogP contribution in [-0.4, -0.2) is 40.3 Å². The van der Waals surface area contributed by atoms with Crippen molar-refractivity contribution < 1.29 is 9.72 Å². The number of carbonyl (C=O) groups excluding carboxylic acids is 1. The molecule has 1 fully saturated rings. The highest BCUT2D eigenvalue weighted by atomic mass is 35.5. The number of carbonyl (C=O) groups is 1. The van der Waals surface area contributed by atoms with E-state index < -0.39 is 4.92 Å². The first-order valence-corrected chi connectivity index (χ1v) is 8.27. The molecule has 1 aliphatic rings. The lowest BCUT2D eigenvalue weighted by atomic mass is 10.2. The Morgan fingerprint density at radius 3 is 2.52 bits per heavy atom. The van der Waals surface area contributed by atoms with E-state index in [1.165, 1.54) is 6.07 Å². The molecule has 1 saturated heterocycles. The van der Waals surface area contributed by atoms with Gasteiger partial charge in [0.2, 0.25) is 5.91 Å². The van der Waals surface area contributed by atoms with Gasteiger partial charge in [0, 0.05) is 30.7 Å². The first kappa shape index (κ1) is 17.4. The SMILES string of the molecule is O=C1CN(c2ncc([N+](=O)[O-])cc2Cl)CCN1Cc1ccc(Cl)cc1. The van der Waals surface area contributed by atoms with E-state index in [0.29, 0.717) is 30.5 Å². The lowest BCUT2D eigenvalue weighted by Gasteiger charge is -2.35. The summed E-state index contributed by atoms with van der Waals surface area (Å²) < 4.78 is 0. The lowest BCUT2D eigenvalue weighted by Crippen LogP contribution is -2.50. The van der Waals surface area contributed by atoms with Crippen LogP contribution in [-0.2, 0) is 11.3 Å². The number of nitro groups is 1. The van der Waals surface area contributed by atoms with E-state index in [1.807, 2.05) is 12.1 Å². The number of hydrogen-bond donors (Lipinski definition) is 0. The maximum atomic E-state index is 12.4. The number of piperazine rings is 1. The van der Waals surface area contributed by atoms with Crippen LogP contribution in [0.15, 0.2) is 36.5 Å². The Balaban J connectivity index is 1.68. The molecule has 0 N–H and O–H groups in total. The van der Waals surface area contributed by atoms with Crippen LogP contribution in [0.25, 0.3) is 0 Å². The van der Waals surface area contributed by atoms with E-state index >= 15 is 0 Å². The van der Waals surface area contributed by atoms with Gasteiger partial charge >= 0.3 is 0 Å². The van der Waals surface area contributed by atoms with Gasteiger partial charge in [-0.3, -0.25) is 14.9 Å². The molecule has 0 aliphatic carbocycles. The van der Waals surface area contributed by atoms with Gasteiger partial charge in [0.05, 0.1) is 16.5 Å². The van der Waals surface area contributed by atoms with Crippen molar-refractivity contribution in [3.8, 4) is 0 Å². The van der Waals surface area contributed by atoms with Gasteiger partial charge in [-0.25, -0.2) is 4.98 Å². The third-order valence-electron chi connectivity index (χ3n) is 3.92. The molecule has 3 rings (SSSR count). The molecule has 1 aromatic heterocycles. The molecule has 0 unspecified atom stereocenters. The summed E-state index contributed by atoms with van der Waals surface area (Å²) in [6, 6.07) is 8.60. The standard InChI is InChI=1S/C16H14Cl2N4O3/c17-12-3-1-11(2-4-12)9-20-5-6-21(10-15(20)23)16-14(18)7-13(8-19-16)22(24)25/h1-4,7-8H,5-6,9-10H2. The molecule has 1 amide bonds. The summed E-state index contributed by atoms with van der Waals surface area (Å²) >= 11 is 12.0. The second-order valence-corrected chi connectivity index (χ2v) is 6.46. The van der Waals surface area contributed by atoms with Crippen molar-refractivity contribution in [3.05, 3.63) is 62.3 Å². The number of pyridine rings is 1. The fourth-order valence-electron chi connectivity index (χ4n) is 2.62. The molecule has 130 valence electrons. The largest absolute Gasteiger partial charge is 0.344 e. The predicted octanol–water partition coefficient (Wildman–Crippen LogP) is 3.15. The molecule has 2 heterocycles. The highest BCUT2D eigenvalue weighted by Crippen LogP contribution is 2.28. The Morgan fingerprint density at radius 2 is 1.92 bits per heavy atom. The van der Waals surface area contributed by atoms with Crippen molar-refractivity contribution >= 4 is 40.6 Å². The van der Waals surface area contributed by atoms with Crippen LogP contribution in [0.2, 0.25) is 10.0 Å². The first-order chi connectivity index (χ1) is 11.9. The van der Waals surface area contributed by atoms with E-state index in [-0.39, 0.29) is 23.2 Å². The topological polar surface area (TPSA) is 79.6 Å². The number of nitrogens with zero attached hydrogens (tertiary/aromatic N) is 4. The number of anilines is 1. The number of aromatic nitrogens is 1. The van der Waals surface area contributed by atoms with Crippen molar-refractivity contribution in [2.75, 3.05) is 24.5 Å². The Bertz CT molecular complexity index is 814. The van der Waals surface area contributed by atoms with Crippen molar-refractivity contribution in [1.29, 1.82) is 0 Å². The van der Waals surface area contributed by atoms with Crippen LogP contribution >= 0.6 is 23.2 Å². The van der Waals surface area contributed by atoms with Gasteiger partial charge in [-0.05, 0) is 17.7 Å². The molecule has 1 aliphatic heterocycles. The Morgan fingerprint density at radius 1 is 1.20 bits per heavy atom. The number of hydrogen-bond acceptors (Lipinski definition) is 5. The minimum absolute atomic E-state index is 0.0579. The summed E-state index contributed by atoms with van der Waals surface area (Å²) in [6.45, 7) is 1.68. The van der Waals surface area contributed by atoms with Crippen LogP contribution in [0.4, 0.5) is 11.5 Å². The zero-order valence-electron chi connectivity index (χ0n) is 13.1. The molecular formula is C16H14Cl2N4O3. The molecule has 9 heteroatoms. The summed E-state index contributed by atoms with van der Waals surface area (Å²) in [7, 11) is 0. The number of rotatable bonds is 4. The monoisotopic (exact) mass is 380 g/mol. The summed E-state index contributed by atoms with van der Waals surface area (Å²) in [5.74, 6) is 0.323. The first-order valence-electron chi connectivity index (χ1n) is 7.51. The summed E-state index contributed by atoms with van der Waals surface area (Å²) in [5, 5.41) is 11.6. The smallest absolute Gasteiger partial charge is 0.289 e. The maximum absolute atomic E-state index is 12.4. The van der Waals surface area contributed by atoms with Crippen LogP contribution < -0.4 is 4.90 Å². The van der Waals surface area contributed by atoms with Gasteiger partial charge in [0.25, 0.3) is 5.69 Å². The lowest BCUT2D eigenvalue weighted by molar-refractivity contribution is -0.385. The van der Waals surface area contributed by atoms with Crippen LogP contribution in [0.5, 0.6) is 0 Å². The van der Waals surface area contributed by atoms with Crippen LogP contribution in [0, 0.1) is 10.1 Å². The molecule has 0 spiro atoms. The van der Waals surface area contributed by atoms with Gasteiger partial charge in [-0.15, -0.1) is 0 Å². The maximum Gasteiger partial charge on any atom is 0.289 e. The van der Waals surface area contributed by atoms with Crippen molar-refractivity contribution in [1.82, 2.24) is 9.88 Å². The van der Waals surface area contributed by atoms with E-state index in [1.54, 1.807) is 21.9 Å². The average molecular weight is 381 g/mol. The highest BCUT2D eigenvalue weighted by Gasteiger charge is 2.26. The summed E-state index contributed by atoms with van der Waals surface area (Å²) in [4.78, 5) is 30.1. The molecule has 0 saturated carbocycles. The Hall–Kier alpha value is -2.38. The second-order valence-electron chi connectivity index (χ2n) is 5.62. The molecule has 7 nitrogen and oxygen atoms in total. The van der Waals surface area contributed by atoms with E-state index in [0.717, 1.165) is 11.8 Å². The van der Waals surface area contributed by atoms with Crippen LogP contribution in [0.3, 0.4) is 0 Å². The summed E-state index contributed by atoms with van der Waals surface area (Å²) in [6.07, 6.45) is 1.14. The third-order valence-corrected chi connectivity index (χ3v) is 4.45. The molecule has 25 heavy (non-hydrogen) atoms. The number of amides is 1. The van der Waals surface area contributed by atoms with Gasteiger partial charge in [-0.1, -0.05) is 35.3 Å². The van der Waals surface area contributed by atoms with Crippen LogP contribution in [0.1, 0.15) is 5.56 Å². The normalized spacial score (nSPS) is 14.7. The van der Waals surface area contributed by atoms with Crippen molar-refractivity contribution in [2.45, 2.75) is 6.54 Å². The van der Waals surface area contributed by atoms with Gasteiger partial charge < -0.3 is 9.80 Å². The van der Waals surface area contributed by atoms with Gasteiger partial charge in [0.15, 0.2) is 0 Å². The highest BCUT2D eigenvalue weighted by molar-refractivity contribution is 6.33. The minimum Gasteiger partial charge on any atom is -0.344 e. The third kappa shape index (κ3) is 4.00. The molecule has 0 bridgehead atoms. The minimum atomic E-state index is -0.558. The average Bonchev–Trinajstić information content (AvgIpc) is 2.58. The van der Waals surface area contributed by atoms with Crippen molar-refractivity contribution in [3.63, 3.8) is 0 Å². The zero-order valence-corrected chi connectivity index (χ0v) is 14.6. The Kier molecular flexibility index (Phi) is 5.06. The van der Waals surface area contributed by atoms with Gasteiger partial charge in [-0.2, -0.15) is 0 Å². The molecule has 2 aromatic rings. The van der Waals surface area contributed by atoms with E-state index in [2.05, 4.69) is 4.98 Å². The molecule has 0 atom stereocenters. The van der Waals surface area contributed by atoms with E-state index in [4.69, 9.17) is 23.2 Å². The molecule has 0 radical (unpaired) electrons. The summed E-state index contributed by atoms with van der Waals surface area (Å²) in [5.41, 5.74) is 0.819. The molecular weight excluding hydrogens is 367 g/mol. The number of benzene rings is 1. The number of halogens is 2. The quantitative estimate of drug-likeness (QED) is 0.601. The predicted molar refractivity (Wildman–Crippen MR) is 95.0 cm³/mol. The van der Waals surface area contributed by atoms with Crippen molar-refractivity contribution in [2.24, 2.45) is 0 Å². The molecule has 1 aromatic carbocycles. The fourth-order valence-corrected chi connectivity index (χ4v) is 3.03. The van der Waals surface area contributed by atoms with E-state index in [9.17, 15) is 14.9 Å². The Labute approximate surface area is 153 Å².